The molecular weight excluding hydrogens is 468 g/mol. The van der Waals surface area contributed by atoms with Gasteiger partial charge in [0.05, 0.1) is 23.0 Å². The number of aryl methyl sites for hydroxylation is 1. The molecule has 3 fully saturated rings. The fraction of sp³-hybridized carbons (Fsp3) is 0.690. The number of fused-ring (bicyclic) bond motifs is 1. The van der Waals surface area contributed by atoms with Gasteiger partial charge in [0.1, 0.15) is 6.10 Å². The van der Waals surface area contributed by atoms with Crippen molar-refractivity contribution in [3.8, 4) is 0 Å². The Morgan fingerprint density at radius 3 is 2.49 bits per heavy atom. The van der Waals surface area contributed by atoms with E-state index in [4.69, 9.17) is 4.74 Å². The van der Waals surface area contributed by atoms with Crippen LogP contribution in [0.5, 0.6) is 0 Å². The summed E-state index contributed by atoms with van der Waals surface area (Å²) in [5, 5.41) is 3.00. The third-order valence-corrected chi connectivity index (χ3v) is 8.91. The van der Waals surface area contributed by atoms with Crippen molar-refractivity contribution in [3.05, 3.63) is 34.2 Å². The Bertz CT molecular complexity index is 1190. The van der Waals surface area contributed by atoms with Crippen LogP contribution < -0.4 is 11.0 Å². The molecule has 3 atom stereocenters. The molecule has 1 saturated carbocycles. The molecule has 3 heterocycles. The summed E-state index contributed by atoms with van der Waals surface area (Å²) in [4.78, 5) is 39.9. The quantitative estimate of drug-likeness (QED) is 0.597. The number of ether oxygens (including phenoxy) is 1. The van der Waals surface area contributed by atoms with Crippen LogP contribution in [0.4, 0.5) is 0 Å². The summed E-state index contributed by atoms with van der Waals surface area (Å²) in [6.07, 6.45) is 8.64. The molecule has 2 saturated heterocycles. The number of piperidine rings is 2. The van der Waals surface area contributed by atoms with E-state index >= 15 is 0 Å². The predicted octanol–water partition coefficient (Wildman–Crippen LogP) is 3.87. The molecule has 0 bridgehead atoms. The molecule has 0 radical (unpaired) electrons. The van der Waals surface area contributed by atoms with Crippen molar-refractivity contribution in [1.29, 1.82) is 0 Å². The zero-order chi connectivity index (χ0) is 26.1. The van der Waals surface area contributed by atoms with Gasteiger partial charge in [-0.05, 0) is 82.7 Å². The normalized spacial score (nSPS) is 25.2. The molecule has 2 aromatic rings. The van der Waals surface area contributed by atoms with Gasteiger partial charge in [0, 0.05) is 26.1 Å². The molecule has 8 nitrogen and oxygen atoms in total. The van der Waals surface area contributed by atoms with Crippen molar-refractivity contribution < 1.29 is 14.3 Å². The van der Waals surface area contributed by atoms with E-state index in [0.717, 1.165) is 69.2 Å². The molecule has 1 aliphatic carbocycles. The predicted molar refractivity (Wildman–Crippen MR) is 144 cm³/mol. The number of imidazole rings is 1. The highest BCUT2D eigenvalue weighted by Crippen LogP contribution is 2.32. The molecule has 8 heteroatoms. The molecule has 2 unspecified atom stereocenters. The van der Waals surface area contributed by atoms with Crippen molar-refractivity contribution in [1.82, 2.24) is 19.4 Å². The Hall–Kier alpha value is -2.61. The van der Waals surface area contributed by atoms with Crippen LogP contribution in [0, 0.1) is 5.92 Å². The molecule has 37 heavy (non-hydrogen) atoms. The zero-order valence-corrected chi connectivity index (χ0v) is 22.6. The van der Waals surface area contributed by atoms with Gasteiger partial charge in [-0.15, -0.1) is 0 Å². The smallest absolute Gasteiger partial charge is 0.329 e. The highest BCUT2D eigenvalue weighted by molar-refractivity contribution is 5.79. The number of hydrogen-bond donors (Lipinski definition) is 1. The summed E-state index contributed by atoms with van der Waals surface area (Å²) < 4.78 is 9.43. The largest absolute Gasteiger partial charge is 0.461 e. The van der Waals surface area contributed by atoms with Gasteiger partial charge in [-0.2, -0.15) is 0 Å². The number of rotatable bonds is 6. The molecule has 3 aliphatic rings. The summed E-state index contributed by atoms with van der Waals surface area (Å²) in [7, 11) is 1.84. The number of carbonyl (C=O) groups is 2. The summed E-state index contributed by atoms with van der Waals surface area (Å²) >= 11 is 0. The molecule has 1 N–H and O–H groups in total. The van der Waals surface area contributed by atoms with E-state index in [2.05, 4.69) is 28.4 Å². The van der Waals surface area contributed by atoms with Gasteiger partial charge in [0.2, 0.25) is 5.91 Å². The lowest BCUT2D eigenvalue weighted by molar-refractivity contribution is -0.155. The second-order valence-electron chi connectivity index (χ2n) is 11.6. The number of esters is 1. The average molecular weight is 511 g/mol. The van der Waals surface area contributed by atoms with E-state index in [0.29, 0.717) is 18.8 Å². The fourth-order valence-corrected chi connectivity index (χ4v) is 6.74. The number of benzene rings is 1. The van der Waals surface area contributed by atoms with Gasteiger partial charge in [-0.25, -0.2) is 4.79 Å². The van der Waals surface area contributed by atoms with Crippen molar-refractivity contribution in [2.45, 2.75) is 95.7 Å². The van der Waals surface area contributed by atoms with Gasteiger partial charge in [-0.3, -0.25) is 23.6 Å². The van der Waals surface area contributed by atoms with Crippen LogP contribution in [-0.4, -0.2) is 57.7 Å². The van der Waals surface area contributed by atoms with Crippen molar-refractivity contribution in [2.24, 2.45) is 13.0 Å². The molecule has 0 spiro atoms. The molecule has 1 aromatic carbocycles. The van der Waals surface area contributed by atoms with Gasteiger partial charge in [0.25, 0.3) is 0 Å². The monoisotopic (exact) mass is 510 g/mol. The number of likely N-dealkylation sites (tertiary alicyclic amines) is 1. The first-order valence-electron chi connectivity index (χ1n) is 14.2. The van der Waals surface area contributed by atoms with Gasteiger partial charge in [0.15, 0.2) is 0 Å². The molecule has 202 valence electrons. The number of hydrogen-bond acceptors (Lipinski definition) is 5. The van der Waals surface area contributed by atoms with E-state index in [1.54, 1.807) is 4.57 Å². The fourth-order valence-electron chi connectivity index (χ4n) is 6.74. The Morgan fingerprint density at radius 2 is 1.78 bits per heavy atom. The minimum atomic E-state index is -0.0800. The summed E-state index contributed by atoms with van der Waals surface area (Å²) in [5.41, 5.74) is 3.15. The van der Waals surface area contributed by atoms with Crippen molar-refractivity contribution >= 4 is 22.9 Å². The lowest BCUT2D eigenvalue weighted by Crippen LogP contribution is -2.46. The van der Waals surface area contributed by atoms with Crippen LogP contribution in [-0.2, 0) is 21.4 Å². The van der Waals surface area contributed by atoms with Crippen molar-refractivity contribution in [3.63, 3.8) is 0 Å². The number of amides is 1. The minimum absolute atomic E-state index is 0.00191. The maximum Gasteiger partial charge on any atom is 0.329 e. The van der Waals surface area contributed by atoms with Crippen LogP contribution in [0.15, 0.2) is 23.0 Å². The lowest BCUT2D eigenvalue weighted by atomic mass is 9.89. The van der Waals surface area contributed by atoms with E-state index in [1.165, 1.54) is 12.0 Å². The number of nitrogens with zero attached hydrogens (tertiary/aromatic N) is 3. The van der Waals surface area contributed by atoms with Crippen LogP contribution in [0.2, 0.25) is 0 Å². The lowest BCUT2D eigenvalue weighted by Gasteiger charge is -2.34. The second kappa shape index (κ2) is 11.0. The van der Waals surface area contributed by atoms with Crippen LogP contribution in [0.3, 0.4) is 0 Å². The zero-order valence-electron chi connectivity index (χ0n) is 22.6. The third-order valence-electron chi connectivity index (χ3n) is 8.91. The third kappa shape index (κ3) is 5.49. The number of carbonyl (C=O) groups excluding carboxylic acids is 2. The van der Waals surface area contributed by atoms with Crippen LogP contribution in [0.25, 0.3) is 11.0 Å². The maximum atomic E-state index is 13.2. The highest BCUT2D eigenvalue weighted by atomic mass is 16.5. The first kappa shape index (κ1) is 26.0. The minimum Gasteiger partial charge on any atom is -0.461 e. The van der Waals surface area contributed by atoms with Gasteiger partial charge in [-0.1, -0.05) is 25.3 Å². The second-order valence-corrected chi connectivity index (χ2v) is 11.6. The Labute approximate surface area is 219 Å². The standard InChI is InChI=1S/C29H42N4O4/c1-19(37-28(35)22-7-5-4-6-8-22)18-32-15-13-21(14-16-32)23-9-10-25-26(17-23)31(3)29(36)33(25)24-11-12-27(34)30-20(24)2/h9-10,17,19-22,24H,4-8,11-16,18H2,1-3H3,(H,30,34)/t19-,20?,24?/m0/s1. The number of aromatic nitrogens is 2. The van der Waals surface area contributed by atoms with E-state index in [-0.39, 0.29) is 41.7 Å². The number of nitrogens with one attached hydrogen (secondary N) is 1. The molecule has 1 aromatic heterocycles. The maximum absolute atomic E-state index is 13.2. The van der Waals surface area contributed by atoms with Gasteiger partial charge >= 0.3 is 11.7 Å². The molecule has 1 amide bonds. The van der Waals surface area contributed by atoms with E-state index < -0.39 is 0 Å². The first-order chi connectivity index (χ1) is 17.8. The first-order valence-corrected chi connectivity index (χ1v) is 14.2. The van der Waals surface area contributed by atoms with Crippen molar-refractivity contribution in [2.75, 3.05) is 19.6 Å². The van der Waals surface area contributed by atoms with Gasteiger partial charge < -0.3 is 10.1 Å². The Balaban J connectivity index is 1.21. The summed E-state index contributed by atoms with van der Waals surface area (Å²) in [5.74, 6) is 0.607. The SMILES string of the molecule is CC1NC(=O)CCC1n1c(=O)n(C)c2cc(C3CCN(C[C@H](C)OC(=O)C4CCCCC4)CC3)ccc21. The van der Waals surface area contributed by atoms with E-state index in [1.807, 2.05) is 25.5 Å². The average Bonchev–Trinajstić information content (AvgIpc) is 3.14. The van der Waals surface area contributed by atoms with Crippen LogP contribution >= 0.6 is 0 Å². The Kier molecular flexibility index (Phi) is 7.75. The highest BCUT2D eigenvalue weighted by Gasteiger charge is 2.31. The van der Waals surface area contributed by atoms with Crippen LogP contribution in [0.1, 0.15) is 89.2 Å². The molecular formula is C29H42N4O4. The molecule has 5 rings (SSSR count). The summed E-state index contributed by atoms with van der Waals surface area (Å²) in [6.45, 7) is 6.75. The summed E-state index contributed by atoms with van der Waals surface area (Å²) in [6, 6.07) is 6.36. The molecule has 2 aliphatic heterocycles. The van der Waals surface area contributed by atoms with E-state index in [9.17, 15) is 14.4 Å². The topological polar surface area (TPSA) is 85.6 Å². The Morgan fingerprint density at radius 1 is 1.05 bits per heavy atom.